The zero-order valence-corrected chi connectivity index (χ0v) is 20.1. The summed E-state index contributed by atoms with van der Waals surface area (Å²) in [5.74, 6) is 1.56. The SMILES string of the molecule is CC.COc1ccc2c3c1OC1c4nc5ccccc5c(C)c4CC4(O)[C@@H](C2)N(C)CC[C@]314. The van der Waals surface area contributed by atoms with Crippen LogP contribution in [0.4, 0.5) is 0 Å². The number of likely N-dealkylation sites (tertiary alicyclic amines) is 1. The molecule has 5 heteroatoms. The first-order chi connectivity index (χ1) is 16.0. The number of aromatic nitrogens is 1. The van der Waals surface area contributed by atoms with Crippen molar-refractivity contribution >= 4 is 10.9 Å². The summed E-state index contributed by atoms with van der Waals surface area (Å²) in [6.07, 6.45) is 1.98. The molecule has 172 valence electrons. The zero-order chi connectivity index (χ0) is 23.1. The number of piperidine rings is 1. The van der Waals surface area contributed by atoms with Crippen molar-refractivity contribution in [1.29, 1.82) is 0 Å². The van der Waals surface area contributed by atoms with Crippen LogP contribution in [-0.4, -0.2) is 47.3 Å². The number of pyridine rings is 1. The molecule has 1 saturated heterocycles. The van der Waals surface area contributed by atoms with Crippen LogP contribution in [0.3, 0.4) is 0 Å². The molecule has 1 fully saturated rings. The Morgan fingerprint density at radius 1 is 1.18 bits per heavy atom. The summed E-state index contributed by atoms with van der Waals surface area (Å²) < 4.78 is 12.5. The molecule has 7 rings (SSSR count). The number of hydrogen-bond donors (Lipinski definition) is 1. The fourth-order valence-electron chi connectivity index (χ4n) is 7.22. The van der Waals surface area contributed by atoms with Crippen molar-refractivity contribution in [3.8, 4) is 11.5 Å². The van der Waals surface area contributed by atoms with Gasteiger partial charge in [-0.25, -0.2) is 4.98 Å². The van der Waals surface area contributed by atoms with E-state index in [4.69, 9.17) is 14.5 Å². The maximum absolute atomic E-state index is 12.6. The highest BCUT2D eigenvalue weighted by atomic mass is 16.5. The molecular formula is C28H32N2O3. The molecule has 2 aromatic carbocycles. The minimum Gasteiger partial charge on any atom is -0.493 e. The Morgan fingerprint density at radius 2 is 1.97 bits per heavy atom. The molecule has 1 aromatic heterocycles. The molecule has 2 aliphatic carbocycles. The molecule has 33 heavy (non-hydrogen) atoms. The molecule has 2 aliphatic heterocycles. The second-order valence-electron chi connectivity index (χ2n) is 9.77. The van der Waals surface area contributed by atoms with E-state index in [0.717, 1.165) is 53.0 Å². The Morgan fingerprint density at radius 3 is 2.76 bits per heavy atom. The topological polar surface area (TPSA) is 54.8 Å². The number of aliphatic hydroxyl groups is 1. The van der Waals surface area contributed by atoms with Gasteiger partial charge in [-0.2, -0.15) is 0 Å². The van der Waals surface area contributed by atoms with Crippen molar-refractivity contribution in [2.24, 2.45) is 0 Å². The predicted molar refractivity (Wildman–Crippen MR) is 129 cm³/mol. The van der Waals surface area contributed by atoms with Crippen LogP contribution in [0.1, 0.15) is 54.3 Å². The van der Waals surface area contributed by atoms with Crippen LogP contribution in [0.25, 0.3) is 10.9 Å². The average molecular weight is 445 g/mol. The van der Waals surface area contributed by atoms with Gasteiger partial charge in [-0.3, -0.25) is 0 Å². The summed E-state index contributed by atoms with van der Waals surface area (Å²) in [6, 6.07) is 12.5. The van der Waals surface area contributed by atoms with Gasteiger partial charge in [-0.1, -0.05) is 38.1 Å². The van der Waals surface area contributed by atoms with Gasteiger partial charge in [0, 0.05) is 23.4 Å². The van der Waals surface area contributed by atoms with Gasteiger partial charge >= 0.3 is 0 Å². The number of nitrogens with zero attached hydrogens (tertiary/aromatic N) is 2. The second kappa shape index (κ2) is 6.94. The highest BCUT2D eigenvalue weighted by molar-refractivity contribution is 5.84. The van der Waals surface area contributed by atoms with E-state index in [2.05, 4.69) is 43.1 Å². The van der Waals surface area contributed by atoms with Gasteiger partial charge in [0.15, 0.2) is 17.6 Å². The number of benzene rings is 2. The van der Waals surface area contributed by atoms with Gasteiger partial charge in [0.05, 0.1) is 29.3 Å². The normalized spacial score (nSPS) is 30.6. The summed E-state index contributed by atoms with van der Waals surface area (Å²) in [4.78, 5) is 7.50. The Hall–Kier alpha value is -2.63. The van der Waals surface area contributed by atoms with E-state index < -0.39 is 11.0 Å². The van der Waals surface area contributed by atoms with Crippen molar-refractivity contribution in [2.45, 2.75) is 63.2 Å². The first-order valence-electron chi connectivity index (χ1n) is 12.2. The number of hydrogen-bond acceptors (Lipinski definition) is 5. The third-order valence-corrected chi connectivity index (χ3v) is 8.69. The molecule has 1 N–H and O–H groups in total. The van der Waals surface area contributed by atoms with Crippen LogP contribution in [0.15, 0.2) is 36.4 Å². The number of likely N-dealkylation sites (N-methyl/N-ethyl adjacent to an activating group) is 1. The summed E-state index contributed by atoms with van der Waals surface area (Å²) in [6.45, 7) is 7.10. The monoisotopic (exact) mass is 444 g/mol. The molecule has 3 aromatic rings. The van der Waals surface area contributed by atoms with Crippen molar-refractivity contribution in [2.75, 3.05) is 20.7 Å². The Labute approximate surface area is 195 Å². The molecule has 4 atom stereocenters. The summed E-state index contributed by atoms with van der Waals surface area (Å²) in [5.41, 5.74) is 5.40. The standard InChI is InChI=1S/C26H26N2O3.C2H6/c1-14-16-6-4-5-7-18(16)27-22-17(14)13-26(29)20-12-15-8-9-19(30-3)23-21(15)25(26,24(22)31-23)10-11-28(20)2;1-2/h4-9,20,24,29H,10-13H2,1-3H3;1-2H3/t20-,24?,25+,26?;/m1./s1. The van der Waals surface area contributed by atoms with Crippen molar-refractivity contribution in [3.05, 3.63) is 64.3 Å². The van der Waals surface area contributed by atoms with E-state index in [9.17, 15) is 5.11 Å². The number of ether oxygens (including phenoxy) is 2. The fourth-order valence-corrected chi connectivity index (χ4v) is 7.22. The third kappa shape index (κ3) is 2.32. The lowest BCUT2D eigenvalue weighted by molar-refractivity contribution is -0.168. The number of methoxy groups -OCH3 is 1. The smallest absolute Gasteiger partial charge is 0.166 e. The molecule has 3 heterocycles. The van der Waals surface area contributed by atoms with E-state index in [1.165, 1.54) is 16.7 Å². The van der Waals surface area contributed by atoms with E-state index in [0.29, 0.717) is 6.42 Å². The molecular weight excluding hydrogens is 412 g/mol. The van der Waals surface area contributed by atoms with Gasteiger partial charge in [0.25, 0.3) is 0 Å². The minimum absolute atomic E-state index is 0.0539. The molecule has 2 bridgehead atoms. The first-order valence-corrected chi connectivity index (χ1v) is 12.2. The van der Waals surface area contributed by atoms with E-state index in [1.54, 1.807) is 7.11 Å². The van der Waals surface area contributed by atoms with E-state index in [-0.39, 0.29) is 12.1 Å². The number of aryl methyl sites for hydroxylation is 1. The molecule has 2 unspecified atom stereocenters. The van der Waals surface area contributed by atoms with Crippen molar-refractivity contribution in [1.82, 2.24) is 9.88 Å². The lowest BCUT2D eigenvalue weighted by Gasteiger charge is -2.62. The van der Waals surface area contributed by atoms with Gasteiger partial charge in [0.2, 0.25) is 0 Å². The zero-order valence-electron chi connectivity index (χ0n) is 20.1. The average Bonchev–Trinajstić information content (AvgIpc) is 3.19. The Bertz CT molecular complexity index is 1290. The van der Waals surface area contributed by atoms with Crippen LogP contribution in [0.2, 0.25) is 0 Å². The summed E-state index contributed by atoms with van der Waals surface area (Å²) in [5, 5.41) is 13.8. The van der Waals surface area contributed by atoms with E-state index >= 15 is 0 Å². The highest BCUT2D eigenvalue weighted by Crippen LogP contribution is 2.68. The van der Waals surface area contributed by atoms with Gasteiger partial charge in [0.1, 0.15) is 0 Å². The third-order valence-electron chi connectivity index (χ3n) is 8.69. The number of fused-ring (bicyclic) bond motifs is 3. The molecule has 1 spiro atoms. The molecule has 0 saturated carbocycles. The maximum atomic E-state index is 12.6. The summed E-state index contributed by atoms with van der Waals surface area (Å²) in [7, 11) is 3.84. The highest BCUT2D eigenvalue weighted by Gasteiger charge is 2.72. The Balaban J connectivity index is 0.00000101. The van der Waals surface area contributed by atoms with Crippen LogP contribution in [0.5, 0.6) is 11.5 Å². The fraction of sp³-hybridized carbons (Fsp3) is 0.464. The Kier molecular flexibility index (Phi) is 4.40. The van der Waals surface area contributed by atoms with Crippen LogP contribution in [0, 0.1) is 6.92 Å². The van der Waals surface area contributed by atoms with Crippen LogP contribution in [-0.2, 0) is 18.3 Å². The van der Waals surface area contributed by atoms with Gasteiger partial charge < -0.3 is 19.5 Å². The lowest BCUT2D eigenvalue weighted by Crippen LogP contribution is -2.74. The first kappa shape index (κ1) is 20.9. The van der Waals surface area contributed by atoms with Crippen LogP contribution >= 0.6 is 0 Å². The van der Waals surface area contributed by atoms with Gasteiger partial charge in [-0.05, 0) is 62.2 Å². The summed E-state index contributed by atoms with van der Waals surface area (Å²) >= 11 is 0. The largest absolute Gasteiger partial charge is 0.493 e. The molecule has 5 nitrogen and oxygen atoms in total. The van der Waals surface area contributed by atoms with Crippen molar-refractivity contribution in [3.63, 3.8) is 0 Å². The number of rotatable bonds is 1. The molecule has 0 amide bonds. The molecule has 4 aliphatic rings. The van der Waals surface area contributed by atoms with E-state index in [1.807, 2.05) is 26.0 Å². The van der Waals surface area contributed by atoms with Crippen LogP contribution < -0.4 is 9.47 Å². The predicted octanol–water partition coefficient (Wildman–Crippen LogP) is 4.50. The maximum Gasteiger partial charge on any atom is 0.166 e. The molecule has 0 radical (unpaired) electrons. The number of para-hydroxylation sites is 1. The minimum atomic E-state index is -0.906. The quantitative estimate of drug-likeness (QED) is 0.599. The lowest BCUT2D eigenvalue weighted by atomic mass is 9.48. The van der Waals surface area contributed by atoms with Gasteiger partial charge in [-0.15, -0.1) is 0 Å². The van der Waals surface area contributed by atoms with Crippen molar-refractivity contribution < 1.29 is 14.6 Å². The second-order valence-corrected chi connectivity index (χ2v) is 9.77.